The highest BCUT2D eigenvalue weighted by Crippen LogP contribution is 2.33. The molecule has 0 atom stereocenters. The molecule has 0 saturated carbocycles. The zero-order valence-electron chi connectivity index (χ0n) is 24.0. The molecule has 9 heteroatoms. The minimum absolute atomic E-state index is 0.0297. The molecule has 43 heavy (non-hydrogen) atoms. The molecule has 2 amide bonds. The van der Waals surface area contributed by atoms with E-state index >= 15 is 4.39 Å². The summed E-state index contributed by atoms with van der Waals surface area (Å²) in [7, 11) is 1.55. The van der Waals surface area contributed by atoms with Crippen LogP contribution in [0.4, 0.5) is 4.39 Å². The number of imide groups is 1. The molecule has 0 spiro atoms. The summed E-state index contributed by atoms with van der Waals surface area (Å²) in [6, 6.07) is 22.9. The van der Waals surface area contributed by atoms with Gasteiger partial charge in [-0.1, -0.05) is 37.3 Å². The smallest absolute Gasteiger partial charge is 0.271 e. The van der Waals surface area contributed by atoms with E-state index in [2.05, 4.69) is 0 Å². The van der Waals surface area contributed by atoms with Crippen LogP contribution in [0, 0.1) is 17.1 Å². The molecule has 1 aromatic heterocycles. The fourth-order valence-electron chi connectivity index (χ4n) is 4.75. The molecule has 2 heterocycles. The highest BCUT2D eigenvalue weighted by Gasteiger charge is 2.35. The van der Waals surface area contributed by atoms with E-state index in [-0.39, 0.29) is 29.0 Å². The highest BCUT2D eigenvalue weighted by molar-refractivity contribution is 6.19. The van der Waals surface area contributed by atoms with Crippen molar-refractivity contribution in [2.75, 3.05) is 13.7 Å². The number of para-hydroxylation sites is 1. The van der Waals surface area contributed by atoms with Crippen LogP contribution in [0.15, 0.2) is 95.7 Å². The number of amides is 2. The van der Waals surface area contributed by atoms with Crippen molar-refractivity contribution in [3.05, 3.63) is 113 Å². The van der Waals surface area contributed by atoms with Gasteiger partial charge in [0.05, 0.1) is 25.9 Å². The number of aromatic nitrogens is 2. The van der Waals surface area contributed by atoms with Crippen LogP contribution < -0.4 is 9.47 Å². The molecular weight excluding hydrogens is 547 g/mol. The largest absolute Gasteiger partial charge is 0.497 e. The zero-order valence-corrected chi connectivity index (χ0v) is 24.0. The Kier molecular flexibility index (Phi) is 8.49. The van der Waals surface area contributed by atoms with Crippen molar-refractivity contribution in [2.45, 2.75) is 26.8 Å². The van der Waals surface area contributed by atoms with Gasteiger partial charge in [0.25, 0.3) is 11.8 Å². The van der Waals surface area contributed by atoms with Gasteiger partial charge >= 0.3 is 0 Å². The Hall–Kier alpha value is -5.49. The van der Waals surface area contributed by atoms with E-state index in [0.29, 0.717) is 34.7 Å². The summed E-state index contributed by atoms with van der Waals surface area (Å²) in [4.78, 5) is 28.1. The summed E-state index contributed by atoms with van der Waals surface area (Å²) in [5, 5.41) is 14.6. The molecule has 1 aliphatic heterocycles. The minimum atomic E-state index is -0.664. The molecule has 8 nitrogen and oxygen atoms in total. The van der Waals surface area contributed by atoms with Crippen molar-refractivity contribution in [3.63, 3.8) is 0 Å². The molecule has 0 bridgehead atoms. The summed E-state index contributed by atoms with van der Waals surface area (Å²) in [6.45, 7) is 3.87. The quantitative estimate of drug-likeness (QED) is 0.172. The number of carbonyl (C=O) groups excluding carboxylic acids is 2. The van der Waals surface area contributed by atoms with Gasteiger partial charge in [-0.05, 0) is 73.0 Å². The first kappa shape index (κ1) is 29.0. The average Bonchev–Trinajstić information content (AvgIpc) is 3.46. The Morgan fingerprint density at radius 1 is 1.02 bits per heavy atom. The van der Waals surface area contributed by atoms with Gasteiger partial charge < -0.3 is 9.47 Å². The van der Waals surface area contributed by atoms with E-state index in [1.807, 2.05) is 43.3 Å². The lowest BCUT2D eigenvalue weighted by atomic mass is 9.93. The van der Waals surface area contributed by atoms with E-state index in [1.54, 1.807) is 67.4 Å². The third-order valence-electron chi connectivity index (χ3n) is 7.06. The number of carbonyl (C=O) groups is 2. The van der Waals surface area contributed by atoms with Crippen molar-refractivity contribution in [2.24, 2.45) is 0 Å². The average molecular weight is 577 g/mol. The molecule has 5 rings (SSSR count). The number of ether oxygens (including phenoxy) is 2. The molecular formula is C34H29FN4O4. The second-order valence-electron chi connectivity index (χ2n) is 9.92. The number of nitriles is 1. The summed E-state index contributed by atoms with van der Waals surface area (Å²) < 4.78 is 27.4. The molecule has 1 aliphatic rings. The van der Waals surface area contributed by atoms with E-state index in [4.69, 9.17) is 14.6 Å². The summed E-state index contributed by atoms with van der Waals surface area (Å²) in [5.41, 5.74) is 3.14. The van der Waals surface area contributed by atoms with Crippen molar-refractivity contribution < 1.29 is 23.5 Å². The Bertz CT molecular complexity index is 1780. The Morgan fingerprint density at radius 2 is 1.77 bits per heavy atom. The summed E-state index contributed by atoms with van der Waals surface area (Å²) >= 11 is 0. The molecule has 216 valence electrons. The van der Waals surface area contributed by atoms with E-state index in [9.17, 15) is 14.9 Å². The SMILES string of the molecule is CCCOc1ccc(-c2nn(-c3ccccc3)cc2/C=C2/C(=O)N(Cc3ccc(OC)cc3)C(=O)C(C#N)=C2C)cc1F. The number of hydrogen-bond acceptors (Lipinski definition) is 6. The number of rotatable bonds is 9. The maximum Gasteiger partial charge on any atom is 0.271 e. The van der Waals surface area contributed by atoms with Gasteiger partial charge in [0, 0.05) is 22.9 Å². The van der Waals surface area contributed by atoms with Crippen LogP contribution >= 0.6 is 0 Å². The van der Waals surface area contributed by atoms with Gasteiger partial charge in [-0.15, -0.1) is 0 Å². The van der Waals surface area contributed by atoms with Gasteiger partial charge in [0.1, 0.15) is 23.1 Å². The first-order chi connectivity index (χ1) is 20.8. The fourth-order valence-corrected chi connectivity index (χ4v) is 4.75. The van der Waals surface area contributed by atoms with Crippen LogP contribution in [-0.4, -0.2) is 40.2 Å². The van der Waals surface area contributed by atoms with Gasteiger partial charge in [-0.25, -0.2) is 9.07 Å². The zero-order chi connectivity index (χ0) is 30.5. The maximum absolute atomic E-state index is 15.0. The molecule has 4 aromatic rings. The lowest BCUT2D eigenvalue weighted by Gasteiger charge is -2.27. The van der Waals surface area contributed by atoms with Gasteiger partial charge in [-0.3, -0.25) is 14.5 Å². The van der Waals surface area contributed by atoms with Crippen LogP contribution in [0.5, 0.6) is 11.5 Å². The van der Waals surface area contributed by atoms with Crippen LogP contribution in [0.3, 0.4) is 0 Å². The standard InChI is InChI=1S/C34H29FN4O4/c1-4-16-43-31-15-12-24(18-30(31)35)32-25(21-39(37-32)26-8-6-5-7-9-26)17-28-22(2)29(19-36)34(41)38(33(28)40)20-23-10-13-27(42-3)14-11-23/h5-15,17-18,21H,4,16,20H2,1-3H3/b28-17+. The van der Waals surface area contributed by atoms with Gasteiger partial charge in [0.2, 0.25) is 0 Å². The van der Waals surface area contributed by atoms with E-state index < -0.39 is 17.6 Å². The predicted molar refractivity (Wildman–Crippen MR) is 160 cm³/mol. The number of methoxy groups -OCH3 is 1. The first-order valence-electron chi connectivity index (χ1n) is 13.7. The molecule has 0 fully saturated rings. The highest BCUT2D eigenvalue weighted by atomic mass is 19.1. The number of hydrogen-bond donors (Lipinski definition) is 0. The summed E-state index contributed by atoms with van der Waals surface area (Å²) in [6.07, 6.45) is 4.07. The molecule has 0 saturated heterocycles. The van der Waals surface area contributed by atoms with Crippen molar-refractivity contribution >= 4 is 17.9 Å². The normalized spacial score (nSPS) is 14.3. The molecule has 0 aliphatic carbocycles. The van der Waals surface area contributed by atoms with Crippen LogP contribution in [0.25, 0.3) is 23.0 Å². The Morgan fingerprint density at radius 3 is 2.42 bits per heavy atom. The van der Waals surface area contributed by atoms with Crippen LogP contribution in [-0.2, 0) is 16.1 Å². The number of benzene rings is 3. The number of halogens is 1. The molecule has 0 N–H and O–H groups in total. The van der Waals surface area contributed by atoms with Gasteiger partial charge in [-0.2, -0.15) is 10.4 Å². The van der Waals surface area contributed by atoms with E-state index in [1.165, 1.54) is 6.07 Å². The fraction of sp³-hybridized carbons (Fsp3) is 0.176. The number of nitrogens with zero attached hydrogens (tertiary/aromatic N) is 4. The van der Waals surface area contributed by atoms with Crippen molar-refractivity contribution in [1.82, 2.24) is 14.7 Å². The lowest BCUT2D eigenvalue weighted by molar-refractivity contribution is -0.141. The van der Waals surface area contributed by atoms with E-state index in [0.717, 1.165) is 17.0 Å². The monoisotopic (exact) mass is 576 g/mol. The predicted octanol–water partition coefficient (Wildman–Crippen LogP) is 6.27. The van der Waals surface area contributed by atoms with Gasteiger partial charge in [0.15, 0.2) is 11.6 Å². The second kappa shape index (κ2) is 12.6. The Labute approximate surface area is 248 Å². The maximum atomic E-state index is 15.0. The second-order valence-corrected chi connectivity index (χ2v) is 9.92. The molecule has 3 aromatic carbocycles. The Balaban J connectivity index is 1.61. The topological polar surface area (TPSA) is 97.4 Å². The van der Waals surface area contributed by atoms with Crippen molar-refractivity contribution in [3.8, 4) is 34.5 Å². The minimum Gasteiger partial charge on any atom is -0.497 e. The third kappa shape index (κ3) is 5.95. The lowest BCUT2D eigenvalue weighted by Crippen LogP contribution is -2.42. The summed E-state index contributed by atoms with van der Waals surface area (Å²) in [5.74, 6) is -0.973. The molecule has 0 radical (unpaired) electrons. The van der Waals surface area contributed by atoms with Crippen LogP contribution in [0.2, 0.25) is 0 Å². The van der Waals surface area contributed by atoms with Crippen molar-refractivity contribution in [1.29, 1.82) is 5.26 Å². The van der Waals surface area contributed by atoms with Crippen LogP contribution in [0.1, 0.15) is 31.4 Å². The molecule has 0 unspecified atom stereocenters. The third-order valence-corrected chi connectivity index (χ3v) is 7.06. The first-order valence-corrected chi connectivity index (χ1v) is 13.7.